The molecule has 17 heavy (non-hydrogen) atoms. The van der Waals surface area contributed by atoms with Gasteiger partial charge in [-0.1, -0.05) is 0 Å². The van der Waals surface area contributed by atoms with Crippen LogP contribution in [0.4, 0.5) is 0 Å². The van der Waals surface area contributed by atoms with Crippen molar-refractivity contribution in [3.05, 3.63) is 0 Å². The lowest BCUT2D eigenvalue weighted by Crippen LogP contribution is -2.45. The molecule has 0 rings (SSSR count). The maximum Gasteiger partial charge on any atom is 0.0705 e. The third-order valence-electron chi connectivity index (χ3n) is 2.92. The van der Waals surface area contributed by atoms with Crippen LogP contribution >= 0.6 is 11.8 Å². The topological polar surface area (TPSA) is 13.0 Å². The van der Waals surface area contributed by atoms with E-state index < -0.39 is 0 Å². The normalized spacial score (nSPS) is 13.1. The molecule has 0 atom stereocenters. The van der Waals surface area contributed by atoms with Crippen molar-refractivity contribution < 1.29 is 0 Å². The summed E-state index contributed by atoms with van der Waals surface area (Å²) in [5.41, 5.74) is 0. The second-order valence-electron chi connectivity index (χ2n) is 5.35. The first kappa shape index (κ1) is 17.2. The SMILES string of the molecule is CN(C)C(CSCC(N(C)C)N(C)C)N(C)C. The molecule has 0 fully saturated rings. The quantitative estimate of drug-likeness (QED) is 0.593. The van der Waals surface area contributed by atoms with Gasteiger partial charge in [-0.25, -0.2) is 0 Å². The Bertz CT molecular complexity index is 159. The standard InChI is InChI=1S/C12H30N4S/c1-13(2)11(14(3)4)9-17-10-12(15(5)6)16(7)8/h11-12H,9-10H2,1-8H3. The number of thioether (sulfide) groups is 1. The molecule has 0 aliphatic heterocycles. The van der Waals surface area contributed by atoms with Crippen molar-refractivity contribution in [2.24, 2.45) is 0 Å². The number of hydrogen-bond acceptors (Lipinski definition) is 5. The highest BCUT2D eigenvalue weighted by molar-refractivity contribution is 7.99. The Morgan fingerprint density at radius 3 is 1.00 bits per heavy atom. The van der Waals surface area contributed by atoms with Crippen molar-refractivity contribution in [3.63, 3.8) is 0 Å². The Morgan fingerprint density at radius 2 is 0.824 bits per heavy atom. The smallest absolute Gasteiger partial charge is 0.0705 e. The van der Waals surface area contributed by atoms with Crippen LogP contribution in [0.1, 0.15) is 0 Å². The lowest BCUT2D eigenvalue weighted by Gasteiger charge is -2.33. The van der Waals surface area contributed by atoms with Gasteiger partial charge in [-0.05, 0) is 56.4 Å². The van der Waals surface area contributed by atoms with E-state index in [0.29, 0.717) is 12.3 Å². The largest absolute Gasteiger partial charge is 0.293 e. The van der Waals surface area contributed by atoms with E-state index in [1.54, 1.807) is 0 Å². The maximum atomic E-state index is 2.27. The Hall–Kier alpha value is 0.190. The highest BCUT2D eigenvalue weighted by Crippen LogP contribution is 2.12. The number of nitrogens with zero attached hydrogens (tertiary/aromatic N) is 4. The molecule has 0 aliphatic rings. The van der Waals surface area contributed by atoms with Gasteiger partial charge in [0, 0.05) is 11.5 Å². The fourth-order valence-electron chi connectivity index (χ4n) is 1.80. The van der Waals surface area contributed by atoms with Gasteiger partial charge in [-0.15, -0.1) is 0 Å². The first-order chi connectivity index (χ1) is 7.77. The lowest BCUT2D eigenvalue weighted by atomic mass is 10.5. The summed E-state index contributed by atoms with van der Waals surface area (Å²) in [7, 11) is 17.1. The minimum atomic E-state index is 0.505. The van der Waals surface area contributed by atoms with Gasteiger partial charge in [0.15, 0.2) is 0 Å². The molecule has 0 aromatic heterocycles. The molecule has 0 aliphatic carbocycles. The summed E-state index contributed by atoms with van der Waals surface area (Å²) >= 11 is 2.02. The summed E-state index contributed by atoms with van der Waals surface area (Å²) < 4.78 is 0. The highest BCUT2D eigenvalue weighted by Gasteiger charge is 2.17. The predicted molar refractivity (Wildman–Crippen MR) is 79.6 cm³/mol. The molecule has 0 unspecified atom stereocenters. The van der Waals surface area contributed by atoms with Crippen molar-refractivity contribution in [2.45, 2.75) is 12.3 Å². The summed E-state index contributed by atoms with van der Waals surface area (Å²) in [5.74, 6) is 2.27. The molecule has 0 saturated carbocycles. The Labute approximate surface area is 112 Å². The summed E-state index contributed by atoms with van der Waals surface area (Å²) in [5, 5.41) is 0. The molecule has 0 amide bonds. The molecule has 4 nitrogen and oxygen atoms in total. The van der Waals surface area contributed by atoms with Crippen molar-refractivity contribution in [1.82, 2.24) is 19.6 Å². The van der Waals surface area contributed by atoms with E-state index >= 15 is 0 Å². The van der Waals surface area contributed by atoms with Gasteiger partial charge in [0.25, 0.3) is 0 Å². The number of hydrogen-bond donors (Lipinski definition) is 0. The molecule has 0 saturated heterocycles. The van der Waals surface area contributed by atoms with Crippen LogP contribution in [0.15, 0.2) is 0 Å². The van der Waals surface area contributed by atoms with Crippen LogP contribution in [0.25, 0.3) is 0 Å². The average Bonchev–Trinajstić information content (AvgIpc) is 2.14. The van der Waals surface area contributed by atoms with Crippen LogP contribution in [0.5, 0.6) is 0 Å². The van der Waals surface area contributed by atoms with E-state index in [9.17, 15) is 0 Å². The molecule has 0 spiro atoms. The van der Waals surface area contributed by atoms with E-state index in [1.165, 1.54) is 0 Å². The molecule has 0 heterocycles. The van der Waals surface area contributed by atoms with Crippen LogP contribution in [0.2, 0.25) is 0 Å². The van der Waals surface area contributed by atoms with E-state index in [2.05, 4.69) is 76.0 Å². The zero-order valence-electron chi connectivity index (χ0n) is 12.8. The van der Waals surface area contributed by atoms with Gasteiger partial charge in [-0.2, -0.15) is 11.8 Å². The van der Waals surface area contributed by atoms with Crippen LogP contribution in [0, 0.1) is 0 Å². The zero-order valence-corrected chi connectivity index (χ0v) is 13.6. The van der Waals surface area contributed by atoms with Crippen molar-refractivity contribution in [3.8, 4) is 0 Å². The summed E-state index contributed by atoms with van der Waals surface area (Å²) in [4.78, 5) is 9.08. The van der Waals surface area contributed by atoms with Gasteiger partial charge < -0.3 is 0 Å². The van der Waals surface area contributed by atoms with E-state index in [4.69, 9.17) is 0 Å². The van der Waals surface area contributed by atoms with Crippen molar-refractivity contribution in [1.29, 1.82) is 0 Å². The molecule has 0 bridgehead atoms. The predicted octanol–water partition coefficient (Wildman–Crippen LogP) is 0.618. The molecule has 0 aromatic rings. The maximum absolute atomic E-state index is 2.27. The summed E-state index contributed by atoms with van der Waals surface area (Å²) in [6.45, 7) is 0. The summed E-state index contributed by atoms with van der Waals surface area (Å²) in [6.07, 6.45) is 1.01. The first-order valence-corrected chi connectivity index (χ1v) is 7.16. The van der Waals surface area contributed by atoms with Crippen LogP contribution < -0.4 is 0 Å². The highest BCUT2D eigenvalue weighted by atomic mass is 32.2. The van der Waals surface area contributed by atoms with Crippen molar-refractivity contribution >= 4 is 11.8 Å². The van der Waals surface area contributed by atoms with Gasteiger partial charge in [0.2, 0.25) is 0 Å². The van der Waals surface area contributed by atoms with Crippen LogP contribution in [-0.2, 0) is 0 Å². The second kappa shape index (κ2) is 8.32. The molecule has 0 aromatic carbocycles. The van der Waals surface area contributed by atoms with Gasteiger partial charge >= 0.3 is 0 Å². The van der Waals surface area contributed by atoms with Crippen LogP contribution in [0.3, 0.4) is 0 Å². The van der Waals surface area contributed by atoms with Gasteiger partial charge in [-0.3, -0.25) is 19.6 Å². The third kappa shape index (κ3) is 6.62. The Kier molecular flexibility index (Phi) is 8.41. The Morgan fingerprint density at radius 1 is 0.588 bits per heavy atom. The Balaban J connectivity index is 4.10. The van der Waals surface area contributed by atoms with E-state index in [0.717, 1.165) is 11.5 Å². The second-order valence-corrected chi connectivity index (χ2v) is 6.43. The molecule has 5 heteroatoms. The monoisotopic (exact) mass is 262 g/mol. The fourth-order valence-corrected chi connectivity index (χ4v) is 3.55. The molecule has 0 radical (unpaired) electrons. The van der Waals surface area contributed by atoms with Gasteiger partial charge in [0.1, 0.15) is 0 Å². The number of rotatable bonds is 8. The zero-order chi connectivity index (χ0) is 13.6. The molecular formula is C12H30N4S. The average molecular weight is 262 g/mol. The molecular weight excluding hydrogens is 232 g/mol. The van der Waals surface area contributed by atoms with E-state index in [1.807, 2.05) is 11.8 Å². The molecule has 104 valence electrons. The van der Waals surface area contributed by atoms with Crippen LogP contribution in [-0.4, -0.2) is 99.8 Å². The van der Waals surface area contributed by atoms with Gasteiger partial charge in [0.05, 0.1) is 12.3 Å². The lowest BCUT2D eigenvalue weighted by molar-refractivity contribution is 0.146. The minimum Gasteiger partial charge on any atom is -0.293 e. The van der Waals surface area contributed by atoms with E-state index in [-0.39, 0.29) is 0 Å². The first-order valence-electron chi connectivity index (χ1n) is 6.00. The fraction of sp³-hybridized carbons (Fsp3) is 1.00. The summed E-state index contributed by atoms with van der Waals surface area (Å²) in [6, 6.07) is 0. The third-order valence-corrected chi connectivity index (χ3v) is 3.99. The van der Waals surface area contributed by atoms with Crippen molar-refractivity contribution in [2.75, 3.05) is 67.9 Å². The minimum absolute atomic E-state index is 0.505. The molecule has 0 N–H and O–H groups in total.